The van der Waals surface area contributed by atoms with Crippen LogP contribution in [0.15, 0.2) is 29.0 Å². The summed E-state index contributed by atoms with van der Waals surface area (Å²) in [4.78, 5) is 12.1. The van der Waals surface area contributed by atoms with E-state index in [9.17, 15) is 4.79 Å². The van der Waals surface area contributed by atoms with Gasteiger partial charge in [0, 0.05) is 12.5 Å². The third-order valence-electron chi connectivity index (χ3n) is 3.43. The van der Waals surface area contributed by atoms with Crippen molar-refractivity contribution < 1.29 is 14.6 Å². The predicted octanol–water partition coefficient (Wildman–Crippen LogP) is 2.27. The zero-order valence-electron chi connectivity index (χ0n) is 11.5. The fraction of sp³-hybridized carbons (Fsp3) is 0.533. The van der Waals surface area contributed by atoms with Gasteiger partial charge in [0.25, 0.3) is 0 Å². The summed E-state index contributed by atoms with van der Waals surface area (Å²) in [7, 11) is 0. The van der Waals surface area contributed by atoms with Gasteiger partial charge in [-0.25, -0.2) is 0 Å². The molecule has 2 atom stereocenters. The van der Waals surface area contributed by atoms with E-state index in [1.54, 1.807) is 11.3 Å². The van der Waals surface area contributed by atoms with Gasteiger partial charge in [0.2, 0.25) is 5.91 Å². The lowest BCUT2D eigenvalue weighted by Gasteiger charge is -2.21. The Hall–Kier alpha value is -1.17. The van der Waals surface area contributed by atoms with Gasteiger partial charge in [-0.1, -0.05) is 12.2 Å². The molecule has 0 unspecified atom stereocenters. The van der Waals surface area contributed by atoms with E-state index in [0.29, 0.717) is 6.54 Å². The third kappa shape index (κ3) is 4.44. The van der Waals surface area contributed by atoms with E-state index in [-0.39, 0.29) is 31.1 Å². The van der Waals surface area contributed by atoms with Crippen LogP contribution in [-0.2, 0) is 9.53 Å². The Morgan fingerprint density at radius 1 is 1.55 bits per heavy atom. The molecule has 1 aromatic heterocycles. The molecule has 1 heterocycles. The maximum Gasteiger partial charge on any atom is 0.223 e. The van der Waals surface area contributed by atoms with Crippen LogP contribution in [0.4, 0.5) is 0 Å². The molecule has 2 N–H and O–H groups in total. The Balaban J connectivity index is 1.84. The average Bonchev–Trinajstić information content (AvgIpc) is 3.02. The second kappa shape index (κ2) is 8.19. The van der Waals surface area contributed by atoms with Crippen molar-refractivity contribution in [3.8, 4) is 0 Å². The molecule has 2 rings (SSSR count). The first-order chi connectivity index (χ1) is 9.81. The summed E-state index contributed by atoms with van der Waals surface area (Å²) in [5.74, 6) is 0.183. The molecule has 1 amide bonds. The second-order valence-corrected chi connectivity index (χ2v) is 5.65. The van der Waals surface area contributed by atoms with Crippen LogP contribution in [0.3, 0.4) is 0 Å². The molecule has 1 aliphatic carbocycles. The highest BCUT2D eigenvalue weighted by molar-refractivity contribution is 7.07. The number of carbonyl (C=O) groups is 1. The van der Waals surface area contributed by atoms with Crippen molar-refractivity contribution in [3.05, 3.63) is 34.5 Å². The van der Waals surface area contributed by atoms with Crippen molar-refractivity contribution in [2.45, 2.75) is 25.4 Å². The van der Waals surface area contributed by atoms with Crippen molar-refractivity contribution in [1.29, 1.82) is 0 Å². The molecule has 0 aromatic carbocycles. The first kappa shape index (κ1) is 15.2. The number of nitrogens with one attached hydrogen (secondary N) is 1. The number of amides is 1. The van der Waals surface area contributed by atoms with Gasteiger partial charge in [0.05, 0.1) is 13.2 Å². The van der Waals surface area contributed by atoms with E-state index in [1.807, 2.05) is 16.8 Å². The molecule has 5 heteroatoms. The lowest BCUT2D eigenvalue weighted by Crippen LogP contribution is -2.35. The summed E-state index contributed by atoms with van der Waals surface area (Å²) in [5, 5.41) is 15.8. The number of aliphatic hydroxyl groups is 1. The molecule has 4 nitrogen and oxygen atoms in total. The quantitative estimate of drug-likeness (QED) is 0.759. The molecule has 0 saturated heterocycles. The normalized spacial score (nSPS) is 19.8. The number of hydrogen-bond donors (Lipinski definition) is 2. The molecule has 1 aromatic rings. The van der Waals surface area contributed by atoms with Crippen LogP contribution in [0.2, 0.25) is 0 Å². The zero-order valence-corrected chi connectivity index (χ0v) is 12.3. The van der Waals surface area contributed by atoms with Crippen molar-refractivity contribution in [1.82, 2.24) is 5.32 Å². The van der Waals surface area contributed by atoms with Crippen LogP contribution >= 0.6 is 11.3 Å². The predicted molar refractivity (Wildman–Crippen MR) is 79.6 cm³/mol. The molecule has 20 heavy (non-hydrogen) atoms. The molecule has 0 aliphatic heterocycles. The number of aliphatic hydroxyl groups excluding tert-OH is 1. The molecule has 0 fully saturated rings. The minimum absolute atomic E-state index is 0.0119. The lowest BCUT2D eigenvalue weighted by molar-refractivity contribution is -0.126. The maximum atomic E-state index is 12.1. The Morgan fingerprint density at radius 3 is 3.10 bits per heavy atom. The number of carbonyl (C=O) groups excluding carboxylic acids is 1. The summed E-state index contributed by atoms with van der Waals surface area (Å²) in [5.41, 5.74) is 1.05. The third-order valence-corrected chi connectivity index (χ3v) is 4.13. The number of ether oxygens (including phenoxy) is 1. The summed E-state index contributed by atoms with van der Waals surface area (Å²) in [6.45, 7) is 0.723. The molecule has 0 saturated carbocycles. The van der Waals surface area contributed by atoms with Gasteiger partial charge in [-0.15, -0.1) is 0 Å². The van der Waals surface area contributed by atoms with Gasteiger partial charge in [-0.05, 0) is 41.7 Å². The number of hydrogen-bond acceptors (Lipinski definition) is 4. The second-order valence-electron chi connectivity index (χ2n) is 4.87. The van der Waals surface area contributed by atoms with Crippen molar-refractivity contribution in [2.75, 3.05) is 19.8 Å². The van der Waals surface area contributed by atoms with Crippen LogP contribution in [0.5, 0.6) is 0 Å². The average molecular weight is 295 g/mol. The van der Waals surface area contributed by atoms with E-state index in [2.05, 4.69) is 17.5 Å². The van der Waals surface area contributed by atoms with E-state index in [0.717, 1.165) is 24.8 Å². The highest BCUT2D eigenvalue weighted by Crippen LogP contribution is 2.21. The minimum atomic E-state index is -0.184. The number of rotatable bonds is 7. The van der Waals surface area contributed by atoms with Crippen LogP contribution in [-0.4, -0.2) is 30.8 Å². The lowest BCUT2D eigenvalue weighted by atomic mass is 9.93. The van der Waals surface area contributed by atoms with Gasteiger partial charge in [-0.2, -0.15) is 11.3 Å². The van der Waals surface area contributed by atoms with Gasteiger partial charge in [0.1, 0.15) is 6.10 Å². The van der Waals surface area contributed by atoms with Gasteiger partial charge < -0.3 is 15.2 Å². The molecule has 110 valence electrons. The topological polar surface area (TPSA) is 58.6 Å². The Bertz CT molecular complexity index is 430. The van der Waals surface area contributed by atoms with E-state index < -0.39 is 0 Å². The first-order valence-electron chi connectivity index (χ1n) is 6.98. The smallest absolute Gasteiger partial charge is 0.223 e. The fourth-order valence-corrected chi connectivity index (χ4v) is 3.00. The SMILES string of the molecule is O=C(NC[C@H](OCCO)c1ccsc1)[C@H]1CC=CCC1. The van der Waals surface area contributed by atoms with Crippen LogP contribution in [0, 0.1) is 5.92 Å². The summed E-state index contributed by atoms with van der Waals surface area (Å²) in [6.07, 6.45) is 6.74. The summed E-state index contributed by atoms with van der Waals surface area (Å²) in [6, 6.07) is 1.99. The number of thiophene rings is 1. The Labute approximate surface area is 123 Å². The van der Waals surface area contributed by atoms with E-state index >= 15 is 0 Å². The monoisotopic (exact) mass is 295 g/mol. The summed E-state index contributed by atoms with van der Waals surface area (Å²) < 4.78 is 5.60. The molecule has 1 aliphatic rings. The molecule has 0 spiro atoms. The molecule has 0 radical (unpaired) electrons. The van der Waals surface area contributed by atoms with Gasteiger partial charge >= 0.3 is 0 Å². The standard InChI is InChI=1S/C15H21NO3S/c17-7-8-19-14(13-6-9-20-11-13)10-16-15(18)12-4-2-1-3-5-12/h1-2,6,9,11-12,14,17H,3-5,7-8,10H2,(H,16,18)/t12-,14-/m0/s1. The van der Waals surface area contributed by atoms with Crippen LogP contribution in [0.1, 0.15) is 30.9 Å². The zero-order chi connectivity index (χ0) is 14.2. The summed E-state index contributed by atoms with van der Waals surface area (Å²) >= 11 is 1.60. The molecule has 0 bridgehead atoms. The van der Waals surface area contributed by atoms with Gasteiger partial charge in [0.15, 0.2) is 0 Å². The first-order valence-corrected chi connectivity index (χ1v) is 7.93. The fourth-order valence-electron chi connectivity index (χ4n) is 2.30. The highest BCUT2D eigenvalue weighted by Gasteiger charge is 2.20. The number of allylic oxidation sites excluding steroid dienone is 2. The van der Waals surface area contributed by atoms with Crippen LogP contribution < -0.4 is 5.32 Å². The van der Waals surface area contributed by atoms with Crippen molar-refractivity contribution in [2.24, 2.45) is 5.92 Å². The van der Waals surface area contributed by atoms with E-state index in [4.69, 9.17) is 9.84 Å². The Kier molecular flexibility index (Phi) is 6.24. The van der Waals surface area contributed by atoms with Gasteiger partial charge in [-0.3, -0.25) is 4.79 Å². The minimum Gasteiger partial charge on any atom is -0.394 e. The van der Waals surface area contributed by atoms with Crippen molar-refractivity contribution >= 4 is 17.2 Å². The molecular formula is C15H21NO3S. The van der Waals surface area contributed by atoms with Crippen LogP contribution in [0.25, 0.3) is 0 Å². The maximum absolute atomic E-state index is 12.1. The molecular weight excluding hydrogens is 274 g/mol. The Morgan fingerprint density at radius 2 is 2.45 bits per heavy atom. The van der Waals surface area contributed by atoms with Crippen molar-refractivity contribution in [3.63, 3.8) is 0 Å². The largest absolute Gasteiger partial charge is 0.394 e. The van der Waals surface area contributed by atoms with E-state index in [1.165, 1.54) is 0 Å². The highest BCUT2D eigenvalue weighted by atomic mass is 32.1.